The van der Waals surface area contributed by atoms with Gasteiger partial charge in [0.15, 0.2) is 0 Å². The normalized spacial score (nSPS) is 11.6. The first kappa shape index (κ1) is 17.5. The van der Waals surface area contributed by atoms with Crippen molar-refractivity contribution in [2.24, 2.45) is 10.1 Å². The number of hydrogen-bond donors (Lipinski definition) is 0. The Hall–Kier alpha value is -3.30. The Morgan fingerprint density at radius 3 is 2.65 bits per heavy atom. The van der Waals surface area contributed by atoms with E-state index in [0.29, 0.717) is 28.2 Å². The van der Waals surface area contributed by atoms with E-state index in [0.717, 1.165) is 5.56 Å². The molecule has 128 valence electrons. The summed E-state index contributed by atoms with van der Waals surface area (Å²) in [5.74, 6) is -0.317. The molecule has 2 aromatic carbocycles. The first-order valence-corrected chi connectivity index (χ1v) is 8.72. The van der Waals surface area contributed by atoms with Crippen LogP contribution in [0.4, 0.5) is 4.39 Å². The van der Waals surface area contributed by atoms with E-state index >= 15 is 0 Å². The summed E-state index contributed by atoms with van der Waals surface area (Å²) in [6.07, 6.45) is 3.35. The molecule has 0 amide bonds. The van der Waals surface area contributed by atoms with Crippen molar-refractivity contribution in [1.82, 2.24) is 4.68 Å². The van der Waals surface area contributed by atoms with Crippen LogP contribution in [0.15, 0.2) is 76.7 Å². The molecule has 0 aliphatic heterocycles. The van der Waals surface area contributed by atoms with Gasteiger partial charge in [-0.05, 0) is 29.8 Å². The third kappa shape index (κ3) is 3.85. The summed E-state index contributed by atoms with van der Waals surface area (Å²) in [5.41, 5.74) is 2.50. The Bertz CT molecular complexity index is 1050. The van der Waals surface area contributed by atoms with Gasteiger partial charge in [0.1, 0.15) is 5.82 Å². The second-order valence-electron chi connectivity index (χ2n) is 5.30. The minimum absolute atomic E-state index is 0.317. The topological polar surface area (TPSA) is 53.4 Å². The molecule has 6 heteroatoms. The molecule has 0 radical (unpaired) electrons. The number of thiazole rings is 1. The highest BCUT2D eigenvalue weighted by Gasteiger charge is 2.11. The standard InChI is InChI=1S/C20H15FN4S/c1-2-11-23-20-25(24-13-16-9-7-15(12-22)8-10-16)19(14-26-20)17-5-3-4-6-18(17)21/h2-10,13-14H,1,11H2. The van der Waals surface area contributed by atoms with Crippen molar-refractivity contribution < 1.29 is 4.39 Å². The lowest BCUT2D eigenvalue weighted by molar-refractivity contribution is 0.629. The van der Waals surface area contributed by atoms with Gasteiger partial charge in [-0.2, -0.15) is 10.4 Å². The summed E-state index contributed by atoms with van der Waals surface area (Å²) >= 11 is 1.39. The van der Waals surface area contributed by atoms with Gasteiger partial charge < -0.3 is 0 Å². The molecule has 0 bridgehead atoms. The number of hydrogen-bond acceptors (Lipinski definition) is 4. The predicted octanol–water partition coefficient (Wildman–Crippen LogP) is 4.20. The van der Waals surface area contributed by atoms with Crippen LogP contribution < -0.4 is 4.80 Å². The van der Waals surface area contributed by atoms with Crippen molar-refractivity contribution in [2.45, 2.75) is 0 Å². The third-order valence-corrected chi connectivity index (χ3v) is 4.41. The molecule has 3 aromatic rings. The van der Waals surface area contributed by atoms with Crippen LogP contribution in [-0.2, 0) is 0 Å². The lowest BCUT2D eigenvalue weighted by Crippen LogP contribution is -2.12. The molecule has 1 heterocycles. The van der Waals surface area contributed by atoms with Crippen LogP contribution in [0.3, 0.4) is 0 Å². The monoisotopic (exact) mass is 362 g/mol. The van der Waals surface area contributed by atoms with Crippen LogP contribution in [0.5, 0.6) is 0 Å². The smallest absolute Gasteiger partial charge is 0.206 e. The first-order chi connectivity index (χ1) is 12.7. The molecule has 0 spiro atoms. The number of halogens is 1. The van der Waals surface area contributed by atoms with Crippen LogP contribution in [0.25, 0.3) is 11.3 Å². The minimum atomic E-state index is -0.317. The van der Waals surface area contributed by atoms with Gasteiger partial charge in [0.05, 0.1) is 30.1 Å². The maximum absolute atomic E-state index is 14.2. The number of nitriles is 1. The van der Waals surface area contributed by atoms with Crippen molar-refractivity contribution in [3.63, 3.8) is 0 Å². The van der Waals surface area contributed by atoms with Crippen molar-refractivity contribution in [1.29, 1.82) is 5.26 Å². The van der Waals surface area contributed by atoms with E-state index in [9.17, 15) is 4.39 Å². The average Bonchev–Trinajstić information content (AvgIpc) is 3.08. The third-order valence-electron chi connectivity index (χ3n) is 3.55. The van der Waals surface area contributed by atoms with Crippen molar-refractivity contribution in [3.05, 3.63) is 88.3 Å². The molecule has 1 aromatic heterocycles. The van der Waals surface area contributed by atoms with E-state index in [1.165, 1.54) is 17.4 Å². The quantitative estimate of drug-likeness (QED) is 0.496. The Morgan fingerprint density at radius 2 is 1.96 bits per heavy atom. The molecule has 0 N–H and O–H groups in total. The van der Waals surface area contributed by atoms with Crippen LogP contribution in [0.1, 0.15) is 11.1 Å². The van der Waals surface area contributed by atoms with Crippen molar-refractivity contribution in [2.75, 3.05) is 6.54 Å². The Labute approximate surface area is 154 Å². The van der Waals surface area contributed by atoms with E-state index in [4.69, 9.17) is 5.26 Å². The Morgan fingerprint density at radius 1 is 1.19 bits per heavy atom. The fraction of sp³-hybridized carbons (Fsp3) is 0.0500. The zero-order valence-electron chi connectivity index (χ0n) is 13.8. The lowest BCUT2D eigenvalue weighted by Gasteiger charge is -2.04. The molecule has 26 heavy (non-hydrogen) atoms. The van der Waals surface area contributed by atoms with Gasteiger partial charge in [0.25, 0.3) is 0 Å². The van der Waals surface area contributed by atoms with Crippen molar-refractivity contribution in [3.8, 4) is 17.3 Å². The molecular weight excluding hydrogens is 347 g/mol. The number of nitrogens with zero attached hydrogens (tertiary/aromatic N) is 4. The molecule has 0 aliphatic rings. The molecule has 4 nitrogen and oxygen atoms in total. The molecule has 0 fully saturated rings. The summed E-state index contributed by atoms with van der Waals surface area (Å²) in [5, 5.41) is 15.2. The Kier molecular flexibility index (Phi) is 5.52. The van der Waals surface area contributed by atoms with E-state index in [1.54, 1.807) is 59.4 Å². The summed E-state index contributed by atoms with van der Waals surface area (Å²) < 4.78 is 15.8. The molecule has 0 saturated carbocycles. The van der Waals surface area contributed by atoms with Crippen LogP contribution in [0.2, 0.25) is 0 Å². The summed E-state index contributed by atoms with van der Waals surface area (Å²) in [4.78, 5) is 5.07. The van der Waals surface area contributed by atoms with Gasteiger partial charge in [-0.3, -0.25) is 4.99 Å². The molecule has 0 unspecified atom stereocenters. The van der Waals surface area contributed by atoms with Gasteiger partial charge in [-0.1, -0.05) is 30.3 Å². The number of rotatable bonds is 5. The fourth-order valence-corrected chi connectivity index (χ4v) is 3.12. The average molecular weight is 362 g/mol. The van der Waals surface area contributed by atoms with Gasteiger partial charge in [0, 0.05) is 10.9 Å². The molecule has 0 saturated heterocycles. The minimum Gasteiger partial charge on any atom is -0.253 e. The molecule has 0 atom stereocenters. The summed E-state index contributed by atoms with van der Waals surface area (Å²) in [6.45, 7) is 4.12. The zero-order chi connectivity index (χ0) is 18.4. The van der Waals surface area contributed by atoms with Gasteiger partial charge >= 0.3 is 0 Å². The maximum Gasteiger partial charge on any atom is 0.206 e. The molecular formula is C20H15FN4S. The van der Waals surface area contributed by atoms with E-state index in [1.807, 2.05) is 5.38 Å². The second-order valence-corrected chi connectivity index (χ2v) is 6.14. The zero-order valence-corrected chi connectivity index (χ0v) is 14.7. The Balaban J connectivity index is 2.07. The van der Waals surface area contributed by atoms with Crippen molar-refractivity contribution >= 4 is 17.6 Å². The second kappa shape index (κ2) is 8.19. The first-order valence-electron chi connectivity index (χ1n) is 7.84. The maximum atomic E-state index is 14.2. The summed E-state index contributed by atoms with van der Waals surface area (Å²) in [6, 6.07) is 15.7. The fourth-order valence-electron chi connectivity index (χ4n) is 2.28. The van der Waals surface area contributed by atoms with E-state index in [2.05, 4.69) is 22.7 Å². The SMILES string of the molecule is C=CCN=c1scc(-c2ccccc2F)n1N=Cc1ccc(C#N)cc1. The van der Waals surface area contributed by atoms with Crippen LogP contribution in [0, 0.1) is 17.1 Å². The van der Waals surface area contributed by atoms with E-state index in [-0.39, 0.29) is 5.82 Å². The number of benzene rings is 2. The largest absolute Gasteiger partial charge is 0.253 e. The van der Waals surface area contributed by atoms with Gasteiger partial charge in [0.2, 0.25) is 4.80 Å². The highest BCUT2D eigenvalue weighted by molar-refractivity contribution is 7.07. The summed E-state index contributed by atoms with van der Waals surface area (Å²) in [7, 11) is 0. The number of aromatic nitrogens is 1. The predicted molar refractivity (Wildman–Crippen MR) is 102 cm³/mol. The van der Waals surface area contributed by atoms with Crippen LogP contribution in [-0.4, -0.2) is 17.4 Å². The van der Waals surface area contributed by atoms with Gasteiger partial charge in [-0.25, -0.2) is 9.07 Å². The molecule has 0 aliphatic carbocycles. The molecule has 3 rings (SSSR count). The highest BCUT2D eigenvalue weighted by atomic mass is 32.1. The van der Waals surface area contributed by atoms with Gasteiger partial charge in [-0.15, -0.1) is 17.9 Å². The lowest BCUT2D eigenvalue weighted by atomic mass is 10.1. The van der Waals surface area contributed by atoms with Crippen LogP contribution >= 0.6 is 11.3 Å². The van der Waals surface area contributed by atoms with E-state index < -0.39 is 0 Å². The highest BCUT2D eigenvalue weighted by Crippen LogP contribution is 2.23.